The van der Waals surface area contributed by atoms with Gasteiger partial charge in [-0.1, -0.05) is 43.5 Å². The maximum absolute atomic E-state index is 12.8. The van der Waals surface area contributed by atoms with Crippen LogP contribution in [0.3, 0.4) is 0 Å². The summed E-state index contributed by atoms with van der Waals surface area (Å²) in [6.07, 6.45) is 5.24. The molecule has 0 unspecified atom stereocenters. The average Bonchev–Trinajstić information content (AvgIpc) is 2.56. The van der Waals surface area contributed by atoms with Gasteiger partial charge in [-0.25, -0.2) is 13.1 Å². The van der Waals surface area contributed by atoms with Crippen molar-refractivity contribution in [3.05, 3.63) is 36.4 Å². The fourth-order valence-electron chi connectivity index (χ4n) is 3.26. The monoisotopic (exact) mass is 333 g/mol. The molecular formula is C18H23NO3S. The largest absolute Gasteiger partial charge is 0.493 e. The molecule has 124 valence electrons. The summed E-state index contributed by atoms with van der Waals surface area (Å²) in [5.74, 6) is 0.722. The van der Waals surface area contributed by atoms with E-state index in [1.54, 1.807) is 12.1 Å². The molecule has 5 heteroatoms. The van der Waals surface area contributed by atoms with Crippen LogP contribution in [0.25, 0.3) is 10.8 Å². The highest BCUT2D eigenvalue weighted by Crippen LogP contribution is 2.31. The highest BCUT2D eigenvalue weighted by atomic mass is 32.2. The molecule has 0 atom stereocenters. The van der Waals surface area contributed by atoms with E-state index in [1.807, 2.05) is 31.2 Å². The first-order valence-corrected chi connectivity index (χ1v) is 9.77. The van der Waals surface area contributed by atoms with Gasteiger partial charge >= 0.3 is 0 Å². The topological polar surface area (TPSA) is 55.4 Å². The minimum absolute atomic E-state index is 0.0547. The molecule has 1 aliphatic rings. The summed E-state index contributed by atoms with van der Waals surface area (Å²) in [4.78, 5) is 0.335. The van der Waals surface area contributed by atoms with E-state index in [0.29, 0.717) is 16.9 Å². The number of sulfonamides is 1. The predicted molar refractivity (Wildman–Crippen MR) is 92.3 cm³/mol. The fraction of sp³-hybridized carbons (Fsp3) is 0.444. The predicted octanol–water partition coefficient (Wildman–Crippen LogP) is 3.85. The normalized spacial score (nSPS) is 16.6. The van der Waals surface area contributed by atoms with Crippen LogP contribution in [0.5, 0.6) is 5.75 Å². The van der Waals surface area contributed by atoms with Crippen LogP contribution in [-0.2, 0) is 10.0 Å². The molecule has 3 rings (SSSR count). The van der Waals surface area contributed by atoms with Gasteiger partial charge in [0, 0.05) is 16.8 Å². The Labute approximate surface area is 137 Å². The maximum Gasteiger partial charge on any atom is 0.241 e. The third kappa shape index (κ3) is 3.51. The summed E-state index contributed by atoms with van der Waals surface area (Å²) in [5.41, 5.74) is 0. The molecule has 1 aliphatic carbocycles. The second-order valence-corrected chi connectivity index (χ2v) is 7.68. The minimum Gasteiger partial charge on any atom is -0.493 e. The van der Waals surface area contributed by atoms with Crippen LogP contribution < -0.4 is 9.46 Å². The Morgan fingerprint density at radius 2 is 1.74 bits per heavy atom. The Morgan fingerprint density at radius 3 is 2.43 bits per heavy atom. The molecule has 0 aliphatic heterocycles. The van der Waals surface area contributed by atoms with E-state index in [0.717, 1.165) is 36.8 Å². The van der Waals surface area contributed by atoms with Crippen molar-refractivity contribution < 1.29 is 13.2 Å². The molecule has 0 saturated heterocycles. The van der Waals surface area contributed by atoms with Crippen LogP contribution in [0.2, 0.25) is 0 Å². The zero-order valence-electron chi connectivity index (χ0n) is 13.4. The van der Waals surface area contributed by atoms with Crippen LogP contribution in [0.1, 0.15) is 39.0 Å². The van der Waals surface area contributed by atoms with Crippen LogP contribution >= 0.6 is 0 Å². The molecule has 0 amide bonds. The second kappa shape index (κ2) is 6.89. The van der Waals surface area contributed by atoms with Gasteiger partial charge in [-0.15, -0.1) is 0 Å². The van der Waals surface area contributed by atoms with E-state index in [2.05, 4.69) is 4.72 Å². The first-order chi connectivity index (χ1) is 11.1. The molecule has 0 heterocycles. The zero-order valence-corrected chi connectivity index (χ0v) is 14.2. The molecule has 1 saturated carbocycles. The van der Waals surface area contributed by atoms with Gasteiger partial charge in [-0.3, -0.25) is 0 Å². The Hall–Kier alpha value is -1.59. The van der Waals surface area contributed by atoms with Crippen LogP contribution in [0, 0.1) is 0 Å². The van der Waals surface area contributed by atoms with Crippen molar-refractivity contribution in [1.82, 2.24) is 4.72 Å². The van der Waals surface area contributed by atoms with Gasteiger partial charge < -0.3 is 4.74 Å². The van der Waals surface area contributed by atoms with E-state index in [1.165, 1.54) is 6.42 Å². The summed E-state index contributed by atoms with van der Waals surface area (Å²) >= 11 is 0. The Morgan fingerprint density at radius 1 is 1.04 bits per heavy atom. The van der Waals surface area contributed by atoms with Gasteiger partial charge in [0.2, 0.25) is 10.0 Å². The SMILES string of the molecule is CCOc1ccc(S(=O)(=O)NC2CCCCC2)c2ccccc12. The summed E-state index contributed by atoms with van der Waals surface area (Å²) in [6.45, 7) is 2.47. The third-order valence-corrected chi connectivity index (χ3v) is 5.94. The molecule has 23 heavy (non-hydrogen) atoms. The average molecular weight is 333 g/mol. The number of fused-ring (bicyclic) bond motifs is 1. The molecule has 1 N–H and O–H groups in total. The molecule has 0 radical (unpaired) electrons. The van der Waals surface area contributed by atoms with Crippen LogP contribution in [0.4, 0.5) is 0 Å². The minimum atomic E-state index is -3.52. The summed E-state index contributed by atoms with van der Waals surface area (Å²) < 4.78 is 34.2. The van der Waals surface area contributed by atoms with Crippen molar-refractivity contribution in [2.45, 2.75) is 50.0 Å². The Bertz CT molecular complexity index is 780. The van der Waals surface area contributed by atoms with Gasteiger partial charge in [0.15, 0.2) is 0 Å². The lowest BCUT2D eigenvalue weighted by atomic mass is 9.96. The van der Waals surface area contributed by atoms with E-state index >= 15 is 0 Å². The van der Waals surface area contributed by atoms with Crippen molar-refractivity contribution in [2.75, 3.05) is 6.61 Å². The number of nitrogens with one attached hydrogen (secondary N) is 1. The van der Waals surface area contributed by atoms with E-state index < -0.39 is 10.0 Å². The molecular weight excluding hydrogens is 310 g/mol. The van der Waals surface area contributed by atoms with Crippen LogP contribution in [-0.4, -0.2) is 21.1 Å². The van der Waals surface area contributed by atoms with Crippen molar-refractivity contribution in [2.24, 2.45) is 0 Å². The maximum atomic E-state index is 12.8. The Balaban J connectivity index is 2.00. The number of ether oxygens (including phenoxy) is 1. The summed E-state index contributed by atoms with van der Waals surface area (Å²) in [5, 5.41) is 1.54. The van der Waals surface area contributed by atoms with Crippen molar-refractivity contribution >= 4 is 20.8 Å². The molecule has 0 spiro atoms. The van der Waals surface area contributed by atoms with E-state index in [4.69, 9.17) is 4.74 Å². The quantitative estimate of drug-likeness (QED) is 0.904. The first-order valence-electron chi connectivity index (χ1n) is 8.28. The van der Waals surface area contributed by atoms with Gasteiger partial charge in [0.25, 0.3) is 0 Å². The molecule has 2 aromatic carbocycles. The standard InChI is InChI=1S/C18H23NO3S/c1-2-22-17-12-13-18(16-11-7-6-10-15(16)17)23(20,21)19-14-8-4-3-5-9-14/h6-7,10-14,19H,2-5,8-9H2,1H3. The molecule has 2 aromatic rings. The number of rotatable bonds is 5. The molecule has 4 nitrogen and oxygen atoms in total. The zero-order chi connectivity index (χ0) is 16.3. The third-order valence-electron chi connectivity index (χ3n) is 4.36. The molecule has 0 bridgehead atoms. The number of benzene rings is 2. The molecule has 0 aromatic heterocycles. The number of hydrogen-bond donors (Lipinski definition) is 1. The van der Waals surface area contributed by atoms with Gasteiger partial charge in [0.05, 0.1) is 11.5 Å². The number of hydrogen-bond acceptors (Lipinski definition) is 3. The molecule has 1 fully saturated rings. The summed E-state index contributed by atoms with van der Waals surface area (Å²) in [7, 11) is -3.52. The highest BCUT2D eigenvalue weighted by molar-refractivity contribution is 7.89. The lowest BCUT2D eigenvalue weighted by Gasteiger charge is -2.23. The van der Waals surface area contributed by atoms with Crippen molar-refractivity contribution in [3.8, 4) is 5.75 Å². The second-order valence-electron chi connectivity index (χ2n) is 6.00. The lowest BCUT2D eigenvalue weighted by molar-refractivity contribution is 0.344. The first kappa shape index (κ1) is 16.3. The van der Waals surface area contributed by atoms with Crippen LogP contribution in [0.15, 0.2) is 41.3 Å². The Kier molecular flexibility index (Phi) is 4.87. The van der Waals surface area contributed by atoms with Gasteiger partial charge in [0.1, 0.15) is 5.75 Å². The lowest BCUT2D eigenvalue weighted by Crippen LogP contribution is -2.36. The smallest absolute Gasteiger partial charge is 0.241 e. The van der Waals surface area contributed by atoms with Gasteiger partial charge in [-0.05, 0) is 31.9 Å². The van der Waals surface area contributed by atoms with E-state index in [9.17, 15) is 8.42 Å². The van der Waals surface area contributed by atoms with Crippen molar-refractivity contribution in [1.29, 1.82) is 0 Å². The van der Waals surface area contributed by atoms with Gasteiger partial charge in [-0.2, -0.15) is 0 Å². The summed E-state index contributed by atoms with van der Waals surface area (Å²) in [6, 6.07) is 11.0. The fourth-order valence-corrected chi connectivity index (χ4v) is 4.78. The van der Waals surface area contributed by atoms with Crippen molar-refractivity contribution in [3.63, 3.8) is 0 Å². The van der Waals surface area contributed by atoms with E-state index in [-0.39, 0.29) is 6.04 Å². The highest BCUT2D eigenvalue weighted by Gasteiger charge is 2.24.